The zero-order chi connectivity index (χ0) is 18.1. The summed E-state index contributed by atoms with van der Waals surface area (Å²) in [5.41, 5.74) is 6.37. The Labute approximate surface area is 152 Å². The molecule has 0 heterocycles. The molecule has 0 unspecified atom stereocenters. The third-order valence-corrected chi connectivity index (χ3v) is 11.7. The lowest BCUT2D eigenvalue weighted by molar-refractivity contribution is 0.481. The molecule has 3 heteroatoms. The van der Waals surface area contributed by atoms with Gasteiger partial charge in [0.05, 0.1) is 0 Å². The summed E-state index contributed by atoms with van der Waals surface area (Å²) < 4.78 is 0. The molecule has 0 aliphatic carbocycles. The fourth-order valence-electron chi connectivity index (χ4n) is 4.08. The van der Waals surface area contributed by atoms with Gasteiger partial charge >= 0.3 is 0 Å². The van der Waals surface area contributed by atoms with Gasteiger partial charge in [0, 0.05) is 16.0 Å². The van der Waals surface area contributed by atoms with Crippen molar-refractivity contribution in [3.8, 4) is 17.2 Å². The second-order valence-electron chi connectivity index (χ2n) is 7.48. The van der Waals surface area contributed by atoms with E-state index < -0.39 is 8.07 Å². The van der Waals surface area contributed by atoms with E-state index in [1.807, 2.05) is 24.3 Å². The number of benzene rings is 2. The van der Waals surface area contributed by atoms with Crippen LogP contribution in [0.15, 0.2) is 30.3 Å². The first-order chi connectivity index (χ1) is 11.2. The molecule has 1 N–H and O–H groups in total. The summed E-state index contributed by atoms with van der Waals surface area (Å²) in [4.78, 5) is 0. The van der Waals surface area contributed by atoms with Crippen LogP contribution in [0, 0.1) is 11.5 Å². The van der Waals surface area contributed by atoms with Crippen molar-refractivity contribution in [2.45, 2.75) is 58.2 Å². The van der Waals surface area contributed by atoms with Crippen LogP contribution in [-0.4, -0.2) is 13.2 Å². The summed E-state index contributed by atoms with van der Waals surface area (Å²) in [5, 5.41) is 12.6. The van der Waals surface area contributed by atoms with Crippen molar-refractivity contribution in [1.82, 2.24) is 0 Å². The van der Waals surface area contributed by atoms with Crippen LogP contribution >= 0.6 is 11.6 Å². The van der Waals surface area contributed by atoms with E-state index >= 15 is 0 Å². The van der Waals surface area contributed by atoms with Crippen molar-refractivity contribution in [1.29, 1.82) is 0 Å². The Kier molecular flexibility index (Phi) is 5.68. The molecule has 2 aromatic carbocycles. The Morgan fingerprint density at radius 3 is 2.08 bits per heavy atom. The fourth-order valence-corrected chi connectivity index (χ4v) is 9.52. The third kappa shape index (κ3) is 3.34. The Balaban J connectivity index is 2.68. The van der Waals surface area contributed by atoms with Crippen molar-refractivity contribution >= 4 is 30.4 Å². The predicted octanol–water partition coefficient (Wildman–Crippen LogP) is 6.77. The highest BCUT2D eigenvalue weighted by Gasteiger charge is 2.41. The quantitative estimate of drug-likeness (QED) is 0.474. The maximum absolute atomic E-state index is 10.3. The lowest BCUT2D eigenvalue weighted by atomic mass is 10.0. The first-order valence-corrected chi connectivity index (χ1v) is 11.3. The second kappa shape index (κ2) is 7.21. The van der Waals surface area contributed by atoms with Crippen molar-refractivity contribution in [3.05, 3.63) is 40.9 Å². The monoisotopic (exact) mass is 358 g/mol. The minimum Gasteiger partial charge on any atom is -0.507 e. The standard InChI is InChI=1S/C21H27ClOSi/c1-14(2)24(15(3)4,16(5)6)11-10-17-8-7-9-18-12-19(22)13-20(23)21(17)18/h7-9,12-16,23H,1-6H3. The zero-order valence-electron chi connectivity index (χ0n) is 15.4. The number of phenols is 1. The van der Waals surface area contributed by atoms with Crippen LogP contribution < -0.4 is 0 Å². The van der Waals surface area contributed by atoms with E-state index in [4.69, 9.17) is 11.6 Å². The summed E-state index contributed by atoms with van der Waals surface area (Å²) in [7, 11) is -1.79. The van der Waals surface area contributed by atoms with Crippen LogP contribution in [0.1, 0.15) is 47.1 Å². The molecule has 2 aromatic rings. The molecule has 0 radical (unpaired) electrons. The predicted molar refractivity (Wildman–Crippen MR) is 109 cm³/mol. The van der Waals surface area contributed by atoms with E-state index in [-0.39, 0.29) is 5.75 Å². The molecule has 0 bridgehead atoms. The molecule has 0 saturated heterocycles. The van der Waals surface area contributed by atoms with E-state index in [9.17, 15) is 5.11 Å². The molecule has 0 aliphatic heterocycles. The highest BCUT2D eigenvalue weighted by molar-refractivity contribution is 6.90. The van der Waals surface area contributed by atoms with Gasteiger partial charge in [-0.15, -0.1) is 5.54 Å². The molecule has 0 aromatic heterocycles. The van der Waals surface area contributed by atoms with Crippen molar-refractivity contribution < 1.29 is 5.11 Å². The smallest absolute Gasteiger partial charge is 0.146 e. The molecule has 0 atom stereocenters. The summed E-state index contributed by atoms with van der Waals surface area (Å²) in [6, 6.07) is 9.39. The minimum absolute atomic E-state index is 0.202. The van der Waals surface area contributed by atoms with Crippen LogP contribution in [0.5, 0.6) is 5.75 Å². The van der Waals surface area contributed by atoms with E-state index in [0.29, 0.717) is 21.6 Å². The maximum atomic E-state index is 10.3. The van der Waals surface area contributed by atoms with E-state index in [1.165, 1.54) is 0 Å². The number of phenolic OH excluding ortho intramolecular Hbond substituents is 1. The Bertz CT molecular complexity index is 775. The first kappa shape index (κ1) is 18.9. The lowest BCUT2D eigenvalue weighted by Gasteiger charge is -2.38. The number of hydrogen-bond acceptors (Lipinski definition) is 1. The second-order valence-corrected chi connectivity index (χ2v) is 13.5. The average Bonchev–Trinajstić information content (AvgIpc) is 2.46. The van der Waals surface area contributed by atoms with Gasteiger partial charge in [0.1, 0.15) is 13.8 Å². The molecule has 128 valence electrons. The molecule has 0 saturated carbocycles. The molecule has 2 rings (SSSR count). The highest BCUT2D eigenvalue weighted by atomic mass is 35.5. The summed E-state index contributed by atoms with van der Waals surface area (Å²) in [6.07, 6.45) is 0. The van der Waals surface area contributed by atoms with E-state index in [2.05, 4.69) is 53.0 Å². The van der Waals surface area contributed by atoms with Gasteiger partial charge in [-0.1, -0.05) is 71.2 Å². The van der Waals surface area contributed by atoms with Crippen molar-refractivity contribution in [3.63, 3.8) is 0 Å². The van der Waals surface area contributed by atoms with Gasteiger partial charge in [-0.3, -0.25) is 0 Å². The van der Waals surface area contributed by atoms with E-state index in [0.717, 1.165) is 16.3 Å². The van der Waals surface area contributed by atoms with Gasteiger partial charge in [0.2, 0.25) is 0 Å². The number of fused-ring (bicyclic) bond motifs is 1. The number of hydrogen-bond donors (Lipinski definition) is 1. The topological polar surface area (TPSA) is 20.2 Å². The average molecular weight is 359 g/mol. The molecule has 0 aliphatic rings. The van der Waals surface area contributed by atoms with Gasteiger partial charge in [-0.25, -0.2) is 0 Å². The van der Waals surface area contributed by atoms with Crippen LogP contribution in [-0.2, 0) is 0 Å². The number of halogens is 1. The summed E-state index contributed by atoms with van der Waals surface area (Å²) in [6.45, 7) is 13.8. The van der Waals surface area contributed by atoms with Crippen molar-refractivity contribution in [2.75, 3.05) is 0 Å². The van der Waals surface area contributed by atoms with Gasteiger partial charge < -0.3 is 5.11 Å². The number of aromatic hydroxyl groups is 1. The normalized spacial score (nSPS) is 12.1. The van der Waals surface area contributed by atoms with Gasteiger partial charge in [0.25, 0.3) is 0 Å². The molecule has 0 spiro atoms. The summed E-state index contributed by atoms with van der Waals surface area (Å²) >= 11 is 6.06. The fraction of sp³-hybridized carbons (Fsp3) is 0.429. The minimum atomic E-state index is -1.79. The third-order valence-electron chi connectivity index (χ3n) is 5.20. The summed E-state index contributed by atoms with van der Waals surface area (Å²) in [5.74, 6) is 3.64. The van der Waals surface area contributed by atoms with Crippen LogP contribution in [0.4, 0.5) is 0 Å². The van der Waals surface area contributed by atoms with Crippen LogP contribution in [0.3, 0.4) is 0 Å². The van der Waals surface area contributed by atoms with Gasteiger partial charge in [-0.05, 0) is 40.2 Å². The van der Waals surface area contributed by atoms with Crippen molar-refractivity contribution in [2.24, 2.45) is 0 Å². The molecule has 1 nitrogen and oxygen atoms in total. The zero-order valence-corrected chi connectivity index (χ0v) is 17.2. The Morgan fingerprint density at radius 1 is 0.958 bits per heavy atom. The van der Waals surface area contributed by atoms with Crippen LogP contribution in [0.25, 0.3) is 10.8 Å². The lowest BCUT2D eigenvalue weighted by Crippen LogP contribution is -2.43. The highest BCUT2D eigenvalue weighted by Crippen LogP contribution is 2.41. The Morgan fingerprint density at radius 2 is 1.54 bits per heavy atom. The van der Waals surface area contributed by atoms with Crippen LogP contribution in [0.2, 0.25) is 21.6 Å². The molecule has 0 amide bonds. The first-order valence-electron chi connectivity index (χ1n) is 8.64. The van der Waals surface area contributed by atoms with Gasteiger partial charge in [-0.2, -0.15) is 0 Å². The largest absolute Gasteiger partial charge is 0.507 e. The van der Waals surface area contributed by atoms with Gasteiger partial charge in [0.15, 0.2) is 0 Å². The Hall–Kier alpha value is -1.43. The molecule has 0 fully saturated rings. The molecular formula is C21H27ClOSi. The molecular weight excluding hydrogens is 332 g/mol. The molecule has 24 heavy (non-hydrogen) atoms. The SMILES string of the molecule is CC(C)[Si](C#Cc1cccc2cc(Cl)cc(O)c12)(C(C)C)C(C)C. The van der Waals surface area contributed by atoms with E-state index in [1.54, 1.807) is 6.07 Å². The number of rotatable bonds is 3. The maximum Gasteiger partial charge on any atom is 0.146 e.